The smallest absolute Gasteiger partial charge is 0.726 e. The molecule has 0 saturated heterocycles. The summed E-state index contributed by atoms with van der Waals surface area (Å²) in [6, 6.07) is 0. The second-order valence-corrected chi connectivity index (χ2v) is 24.6. The van der Waals surface area contributed by atoms with Gasteiger partial charge in [-0.1, -0.05) is 347 Å². The Labute approximate surface area is 499 Å². The summed E-state index contributed by atoms with van der Waals surface area (Å²) in [5.41, 5.74) is 0. The molecular formula is C64H126CaO8S2. The molecule has 11 heteroatoms. The maximum atomic E-state index is 10.9. The third-order valence-corrected chi connectivity index (χ3v) is 15.8. The van der Waals surface area contributed by atoms with E-state index in [-0.39, 0.29) is 62.8 Å². The van der Waals surface area contributed by atoms with Gasteiger partial charge in [0.2, 0.25) is 20.8 Å². The van der Waals surface area contributed by atoms with Crippen LogP contribution in [0.15, 0.2) is 24.3 Å². The molecule has 0 rings (SSSR count). The third kappa shape index (κ3) is 74.5. The standard InChI is InChI=1S/2C32H64O4S.Ca/c2*1-3-5-7-9-11-13-15-16-17-18-19-20-22-24-26-28-30-32(31-36-37(33,34)35)29-27-25-23-21-14-12-10-8-6-4-2;/h2*27,29,32H,3-26,28,30-31H2,1-2H3,(H,33,34,35);/q;;+2/p-2/b2*29-27+;. The van der Waals surface area contributed by atoms with Crippen LogP contribution < -0.4 is 0 Å². The Morgan fingerprint density at radius 2 is 0.467 bits per heavy atom. The Morgan fingerprint density at radius 1 is 0.293 bits per heavy atom. The van der Waals surface area contributed by atoms with Gasteiger partial charge in [-0.15, -0.1) is 0 Å². The summed E-state index contributed by atoms with van der Waals surface area (Å²) < 4.78 is 74.6. The minimum absolute atomic E-state index is 0. The Hall–Kier alpha value is 0.480. The van der Waals surface area contributed by atoms with Crippen molar-refractivity contribution in [2.45, 2.75) is 362 Å². The van der Waals surface area contributed by atoms with Crippen molar-refractivity contribution in [3.63, 3.8) is 0 Å². The van der Waals surface area contributed by atoms with E-state index >= 15 is 0 Å². The van der Waals surface area contributed by atoms with Crippen molar-refractivity contribution >= 4 is 58.5 Å². The molecule has 0 aliphatic rings. The van der Waals surface area contributed by atoms with E-state index in [2.05, 4.69) is 60.4 Å². The Kier molecular flexibility index (Phi) is 69.4. The van der Waals surface area contributed by atoms with Crippen molar-refractivity contribution in [1.29, 1.82) is 0 Å². The second-order valence-electron chi connectivity index (χ2n) is 22.5. The summed E-state index contributed by atoms with van der Waals surface area (Å²) in [6.45, 7) is 9.02. The molecule has 8 nitrogen and oxygen atoms in total. The van der Waals surface area contributed by atoms with Crippen molar-refractivity contribution in [3.05, 3.63) is 24.3 Å². The molecule has 0 amide bonds. The molecule has 75 heavy (non-hydrogen) atoms. The van der Waals surface area contributed by atoms with E-state index in [9.17, 15) is 25.9 Å². The quantitative estimate of drug-likeness (QED) is 0.0193. The minimum Gasteiger partial charge on any atom is -0.726 e. The first-order valence-electron chi connectivity index (χ1n) is 32.5. The monoisotopic (exact) mass is 1130 g/mol. The fourth-order valence-electron chi connectivity index (χ4n) is 10.1. The van der Waals surface area contributed by atoms with Crippen LogP contribution in [-0.4, -0.2) is 76.9 Å². The largest absolute Gasteiger partial charge is 2.00 e. The van der Waals surface area contributed by atoms with Gasteiger partial charge in [-0.05, 0) is 38.5 Å². The second kappa shape index (κ2) is 65.3. The number of unbranched alkanes of at least 4 members (excludes halogenated alkanes) is 46. The van der Waals surface area contributed by atoms with Crippen LogP contribution >= 0.6 is 0 Å². The fourth-order valence-corrected chi connectivity index (χ4v) is 10.8. The average molecular weight is 1130 g/mol. The zero-order chi connectivity index (χ0) is 54.6. The summed E-state index contributed by atoms with van der Waals surface area (Å²) in [5, 5.41) is 0. The summed E-state index contributed by atoms with van der Waals surface area (Å²) in [7, 11) is -9.23. The zero-order valence-electron chi connectivity index (χ0n) is 50.4. The van der Waals surface area contributed by atoms with Gasteiger partial charge in [0, 0.05) is 11.8 Å². The molecule has 2 atom stereocenters. The van der Waals surface area contributed by atoms with E-state index in [1.54, 1.807) is 0 Å². The molecule has 0 aromatic rings. The molecule has 0 bridgehead atoms. The molecule has 0 saturated carbocycles. The van der Waals surface area contributed by atoms with Gasteiger partial charge < -0.3 is 9.11 Å². The normalized spacial score (nSPS) is 12.9. The van der Waals surface area contributed by atoms with Crippen LogP contribution in [0.3, 0.4) is 0 Å². The van der Waals surface area contributed by atoms with E-state index in [0.29, 0.717) is 0 Å². The van der Waals surface area contributed by atoms with Crippen molar-refractivity contribution < 1.29 is 34.3 Å². The van der Waals surface area contributed by atoms with Gasteiger partial charge in [0.15, 0.2) is 0 Å². The topological polar surface area (TPSA) is 133 Å². The van der Waals surface area contributed by atoms with Gasteiger partial charge in [-0.2, -0.15) is 0 Å². The summed E-state index contributed by atoms with van der Waals surface area (Å²) >= 11 is 0. The molecular weight excluding hydrogens is 1000 g/mol. The van der Waals surface area contributed by atoms with Crippen LogP contribution in [0.25, 0.3) is 0 Å². The molecule has 0 heterocycles. The maximum absolute atomic E-state index is 10.9. The van der Waals surface area contributed by atoms with E-state index in [1.807, 2.05) is 0 Å². The fraction of sp³-hybridized carbons (Fsp3) is 0.938. The number of hydrogen-bond acceptors (Lipinski definition) is 8. The predicted molar refractivity (Wildman–Crippen MR) is 325 cm³/mol. The predicted octanol–water partition coefficient (Wildman–Crippen LogP) is 21.3. The van der Waals surface area contributed by atoms with E-state index < -0.39 is 20.8 Å². The van der Waals surface area contributed by atoms with Gasteiger partial charge in [0.05, 0.1) is 13.2 Å². The first-order chi connectivity index (χ1) is 36.0. The van der Waals surface area contributed by atoms with E-state index in [4.69, 9.17) is 0 Å². The van der Waals surface area contributed by atoms with Crippen molar-refractivity contribution in [2.24, 2.45) is 11.8 Å². The molecule has 444 valence electrons. The first-order valence-corrected chi connectivity index (χ1v) is 35.2. The first kappa shape index (κ1) is 79.7. The Balaban J connectivity index is -0.00000136. The minimum atomic E-state index is -4.62. The zero-order valence-corrected chi connectivity index (χ0v) is 54.3. The van der Waals surface area contributed by atoms with Gasteiger partial charge in [-0.3, -0.25) is 8.37 Å². The van der Waals surface area contributed by atoms with Gasteiger partial charge in [0.1, 0.15) is 0 Å². The van der Waals surface area contributed by atoms with Crippen LogP contribution in [0.5, 0.6) is 0 Å². The average Bonchev–Trinajstić information content (AvgIpc) is 3.37. The third-order valence-electron chi connectivity index (χ3n) is 15.0. The molecule has 2 unspecified atom stereocenters. The van der Waals surface area contributed by atoms with Crippen LogP contribution in [0, 0.1) is 11.8 Å². The van der Waals surface area contributed by atoms with Crippen LogP contribution in [-0.2, 0) is 29.2 Å². The summed E-state index contributed by atoms with van der Waals surface area (Å²) in [4.78, 5) is 0. The molecule has 0 radical (unpaired) electrons. The molecule has 0 aliphatic heterocycles. The van der Waals surface area contributed by atoms with Gasteiger partial charge in [0.25, 0.3) is 0 Å². The van der Waals surface area contributed by atoms with Crippen molar-refractivity contribution in [2.75, 3.05) is 13.2 Å². The van der Waals surface area contributed by atoms with Crippen LogP contribution in [0.1, 0.15) is 362 Å². The van der Waals surface area contributed by atoms with Gasteiger partial charge in [-0.25, -0.2) is 16.8 Å². The Morgan fingerprint density at radius 3 is 0.653 bits per heavy atom. The maximum Gasteiger partial charge on any atom is 2.00 e. The number of hydrogen-bond donors (Lipinski definition) is 0. The molecule has 0 aromatic heterocycles. The number of rotatable bonds is 60. The molecule has 0 aromatic carbocycles. The summed E-state index contributed by atoms with van der Waals surface area (Å²) in [6.07, 6.45) is 76.1. The van der Waals surface area contributed by atoms with Crippen molar-refractivity contribution in [3.8, 4) is 0 Å². The molecule has 0 fully saturated rings. The SMILES string of the molecule is CCCCCCCCCC/C=C/C(CCCCCCCCCCCCCCCCCC)COS(=O)(=O)[O-].CCCCCCCCCC/C=C/C(CCCCCCCCCCCCCCCCCC)COS(=O)(=O)[O-].[Ca+2]. The Bertz CT molecular complexity index is 1260. The summed E-state index contributed by atoms with van der Waals surface area (Å²) in [5.74, 6) is 0.0360. The van der Waals surface area contributed by atoms with E-state index in [0.717, 1.165) is 38.5 Å². The van der Waals surface area contributed by atoms with E-state index in [1.165, 1.54) is 295 Å². The number of allylic oxidation sites excluding steroid dienone is 2. The molecule has 0 N–H and O–H groups in total. The molecule has 0 aliphatic carbocycles. The molecule has 0 spiro atoms. The van der Waals surface area contributed by atoms with Crippen LogP contribution in [0.4, 0.5) is 0 Å². The van der Waals surface area contributed by atoms with Crippen LogP contribution in [0.2, 0.25) is 0 Å². The van der Waals surface area contributed by atoms with Crippen molar-refractivity contribution in [1.82, 2.24) is 0 Å². The van der Waals surface area contributed by atoms with Gasteiger partial charge >= 0.3 is 37.7 Å².